The molecule has 0 saturated carbocycles. The molecule has 2 aromatic heterocycles. The molecule has 0 amide bonds. The average molecular weight is 488 g/mol. The first kappa shape index (κ1) is 24.0. The topological polar surface area (TPSA) is 100 Å². The summed E-state index contributed by atoms with van der Waals surface area (Å²) in [5, 5.41) is 16.2. The second-order valence-electron chi connectivity index (χ2n) is 9.15. The van der Waals surface area contributed by atoms with Crippen LogP contribution in [0.5, 0.6) is 5.75 Å². The minimum atomic E-state index is -0.0388. The van der Waals surface area contributed by atoms with Crippen molar-refractivity contribution in [3.63, 3.8) is 0 Å². The van der Waals surface area contributed by atoms with Crippen LogP contribution in [0.4, 0.5) is 11.8 Å². The molecule has 0 unspecified atom stereocenters. The average Bonchev–Trinajstić information content (AvgIpc) is 3.36. The highest BCUT2D eigenvalue weighted by Gasteiger charge is 2.20. The fraction of sp³-hybridized carbons (Fsp3) is 0.370. The van der Waals surface area contributed by atoms with Gasteiger partial charge in [0.1, 0.15) is 12.4 Å². The monoisotopic (exact) mass is 487 g/mol. The highest BCUT2D eigenvalue weighted by atomic mass is 16.5. The van der Waals surface area contributed by atoms with E-state index in [-0.39, 0.29) is 19.3 Å². The van der Waals surface area contributed by atoms with E-state index in [1.54, 1.807) is 0 Å². The van der Waals surface area contributed by atoms with Crippen LogP contribution in [0, 0.1) is 0 Å². The van der Waals surface area contributed by atoms with Gasteiger partial charge in [-0.1, -0.05) is 42.5 Å². The normalized spacial score (nSPS) is 13.9. The molecule has 9 heteroatoms. The first-order valence-electron chi connectivity index (χ1n) is 12.5. The number of hydrogen-bond acceptors (Lipinski definition) is 8. The lowest BCUT2D eigenvalue weighted by atomic mass is 10.0. The smallest absolute Gasteiger partial charge is 0.229 e. The van der Waals surface area contributed by atoms with E-state index in [1.165, 1.54) is 0 Å². The molecule has 4 aromatic rings. The highest BCUT2D eigenvalue weighted by Crippen LogP contribution is 2.32. The van der Waals surface area contributed by atoms with Crippen molar-refractivity contribution < 1.29 is 9.84 Å². The van der Waals surface area contributed by atoms with Crippen molar-refractivity contribution in [2.75, 3.05) is 49.6 Å². The lowest BCUT2D eigenvalue weighted by Gasteiger charge is -2.27. The quantitative estimate of drug-likeness (QED) is 0.330. The molecule has 2 aromatic carbocycles. The van der Waals surface area contributed by atoms with E-state index in [2.05, 4.69) is 63.2 Å². The zero-order valence-electron chi connectivity index (χ0n) is 20.8. The van der Waals surface area contributed by atoms with Crippen molar-refractivity contribution in [2.24, 2.45) is 0 Å². The fourth-order valence-electron chi connectivity index (χ4n) is 4.41. The number of hydrogen-bond donors (Lipinski definition) is 3. The molecule has 1 saturated heterocycles. The Labute approximate surface area is 211 Å². The van der Waals surface area contributed by atoms with Crippen LogP contribution in [0.2, 0.25) is 0 Å². The van der Waals surface area contributed by atoms with E-state index in [4.69, 9.17) is 14.7 Å². The van der Waals surface area contributed by atoms with Gasteiger partial charge < -0.3 is 29.9 Å². The Morgan fingerprint density at radius 2 is 1.89 bits per heavy atom. The molecule has 0 bridgehead atoms. The number of piperazine rings is 1. The number of aromatic nitrogens is 4. The number of nitrogens with one attached hydrogen (secondary N) is 2. The molecule has 5 rings (SSSR count). The molecular weight excluding hydrogens is 454 g/mol. The van der Waals surface area contributed by atoms with Crippen LogP contribution in [0.15, 0.2) is 54.9 Å². The van der Waals surface area contributed by atoms with Gasteiger partial charge in [0.15, 0.2) is 17.0 Å². The van der Waals surface area contributed by atoms with Gasteiger partial charge >= 0.3 is 0 Å². The number of ether oxygens (including phenoxy) is 1. The lowest BCUT2D eigenvalue weighted by molar-refractivity contribution is 0.202. The van der Waals surface area contributed by atoms with Crippen molar-refractivity contribution >= 4 is 22.9 Å². The lowest BCUT2D eigenvalue weighted by Crippen LogP contribution is -2.44. The first-order chi connectivity index (χ1) is 17.6. The molecule has 0 atom stereocenters. The third-order valence-electron chi connectivity index (χ3n) is 6.31. The number of rotatable bonds is 9. The van der Waals surface area contributed by atoms with Gasteiger partial charge in [-0.25, -0.2) is 4.98 Å². The third-order valence-corrected chi connectivity index (χ3v) is 6.31. The molecule has 1 aliphatic rings. The van der Waals surface area contributed by atoms with Crippen molar-refractivity contribution in [1.29, 1.82) is 0 Å². The predicted molar refractivity (Wildman–Crippen MR) is 143 cm³/mol. The summed E-state index contributed by atoms with van der Waals surface area (Å²) < 4.78 is 7.99. The Kier molecular flexibility index (Phi) is 7.29. The molecule has 3 N–H and O–H groups in total. The first-order valence-corrected chi connectivity index (χ1v) is 12.5. The maximum absolute atomic E-state index is 9.32. The van der Waals surface area contributed by atoms with E-state index in [1.807, 2.05) is 30.6 Å². The Bertz CT molecular complexity index is 1300. The van der Waals surface area contributed by atoms with E-state index in [9.17, 15) is 5.11 Å². The standard InChI is InChI=1S/C27H33N7O2/c1-19(2)34-18-30-24-25(31-27(32-26(24)34)33-12-10-28-11-13-33)29-17-20-8-9-22(21-6-4-3-5-7-21)23(16-20)36-15-14-35/h3-9,16,18-19,28,35H,10-15,17H2,1-2H3,(H,29,31,32). The summed E-state index contributed by atoms with van der Waals surface area (Å²) in [6.07, 6.45) is 1.84. The maximum Gasteiger partial charge on any atom is 0.229 e. The second-order valence-corrected chi connectivity index (χ2v) is 9.15. The van der Waals surface area contributed by atoms with Crippen LogP contribution in [-0.2, 0) is 6.54 Å². The van der Waals surface area contributed by atoms with Crippen LogP contribution in [0.3, 0.4) is 0 Å². The number of aliphatic hydroxyl groups excluding tert-OH is 1. The van der Waals surface area contributed by atoms with E-state index in [0.29, 0.717) is 6.54 Å². The molecule has 1 fully saturated rings. The highest BCUT2D eigenvalue weighted by molar-refractivity contribution is 5.84. The third kappa shape index (κ3) is 5.12. The summed E-state index contributed by atoms with van der Waals surface area (Å²) in [7, 11) is 0. The zero-order chi connectivity index (χ0) is 24.9. The van der Waals surface area contributed by atoms with Gasteiger partial charge in [0.25, 0.3) is 0 Å². The van der Waals surface area contributed by atoms with E-state index >= 15 is 0 Å². The number of imidazole rings is 1. The number of anilines is 2. The summed E-state index contributed by atoms with van der Waals surface area (Å²) in [4.78, 5) is 16.6. The van der Waals surface area contributed by atoms with Gasteiger partial charge in [-0.15, -0.1) is 0 Å². The predicted octanol–water partition coefficient (Wildman–Crippen LogP) is 3.47. The van der Waals surface area contributed by atoms with Gasteiger partial charge in [0, 0.05) is 44.3 Å². The molecule has 36 heavy (non-hydrogen) atoms. The minimum absolute atomic E-state index is 0.0388. The van der Waals surface area contributed by atoms with Gasteiger partial charge in [0.05, 0.1) is 12.9 Å². The molecule has 0 spiro atoms. The molecule has 3 heterocycles. The van der Waals surface area contributed by atoms with Gasteiger partial charge in [0.2, 0.25) is 5.95 Å². The zero-order valence-corrected chi connectivity index (χ0v) is 20.8. The molecule has 0 radical (unpaired) electrons. The Balaban J connectivity index is 1.45. The Morgan fingerprint density at radius 1 is 1.08 bits per heavy atom. The van der Waals surface area contributed by atoms with Crippen LogP contribution >= 0.6 is 0 Å². The summed E-state index contributed by atoms with van der Waals surface area (Å²) >= 11 is 0. The van der Waals surface area contributed by atoms with Crippen LogP contribution in [0.25, 0.3) is 22.3 Å². The minimum Gasteiger partial charge on any atom is -0.491 e. The van der Waals surface area contributed by atoms with Crippen molar-refractivity contribution in [2.45, 2.75) is 26.4 Å². The Hall–Kier alpha value is -3.69. The van der Waals surface area contributed by atoms with Crippen molar-refractivity contribution in [3.05, 3.63) is 60.4 Å². The summed E-state index contributed by atoms with van der Waals surface area (Å²) in [6.45, 7) is 8.57. The summed E-state index contributed by atoms with van der Waals surface area (Å²) in [5.74, 6) is 2.19. The van der Waals surface area contributed by atoms with Crippen LogP contribution in [-0.4, -0.2) is 64.0 Å². The number of fused-ring (bicyclic) bond motifs is 1. The number of aliphatic hydroxyl groups is 1. The number of nitrogens with zero attached hydrogens (tertiary/aromatic N) is 5. The van der Waals surface area contributed by atoms with E-state index < -0.39 is 0 Å². The van der Waals surface area contributed by atoms with Crippen LogP contribution in [0.1, 0.15) is 25.5 Å². The molecule has 188 valence electrons. The van der Waals surface area contributed by atoms with Gasteiger partial charge in [-0.3, -0.25) is 0 Å². The second kappa shape index (κ2) is 10.9. The van der Waals surface area contributed by atoms with Crippen molar-refractivity contribution in [1.82, 2.24) is 24.8 Å². The summed E-state index contributed by atoms with van der Waals surface area (Å²) in [5.41, 5.74) is 4.71. The van der Waals surface area contributed by atoms with Gasteiger partial charge in [-0.2, -0.15) is 9.97 Å². The molecular formula is C27H33N7O2. The fourth-order valence-corrected chi connectivity index (χ4v) is 4.41. The van der Waals surface area contributed by atoms with Gasteiger partial charge in [-0.05, 0) is 31.0 Å². The van der Waals surface area contributed by atoms with E-state index in [0.717, 1.165) is 71.5 Å². The Morgan fingerprint density at radius 3 is 2.64 bits per heavy atom. The number of benzene rings is 2. The molecule has 1 aliphatic heterocycles. The SMILES string of the molecule is CC(C)n1cnc2c(NCc3ccc(-c4ccccc4)c(OCCO)c3)nc(N3CCNCC3)nc21. The van der Waals surface area contributed by atoms with Crippen LogP contribution < -0.4 is 20.3 Å². The molecule has 0 aliphatic carbocycles. The maximum atomic E-state index is 9.32. The largest absolute Gasteiger partial charge is 0.491 e. The van der Waals surface area contributed by atoms with Crippen molar-refractivity contribution in [3.8, 4) is 16.9 Å². The molecule has 9 nitrogen and oxygen atoms in total. The summed E-state index contributed by atoms with van der Waals surface area (Å²) in [6, 6.07) is 16.5.